The van der Waals surface area contributed by atoms with Gasteiger partial charge in [0.2, 0.25) is 0 Å². The summed E-state index contributed by atoms with van der Waals surface area (Å²) in [6.45, 7) is 9.41. The summed E-state index contributed by atoms with van der Waals surface area (Å²) in [5.41, 5.74) is 6.40. The molecule has 0 heterocycles. The van der Waals surface area contributed by atoms with Gasteiger partial charge in [-0.1, -0.05) is 47.0 Å². The zero-order valence-electron chi connectivity index (χ0n) is 12.9. The predicted molar refractivity (Wildman–Crippen MR) is 92.4 cm³/mol. The highest BCUT2D eigenvalue weighted by Gasteiger charge is 2.11. The van der Waals surface area contributed by atoms with Gasteiger partial charge in [-0.25, -0.2) is 0 Å². The summed E-state index contributed by atoms with van der Waals surface area (Å²) in [4.78, 5) is 0. The third-order valence-corrected chi connectivity index (χ3v) is 4.42. The molecule has 2 aromatic carbocycles. The minimum Gasteiger partial charge on any atom is -0.306 e. The number of benzene rings is 2. The number of hydrogen-bond donors (Lipinski definition) is 1. The molecule has 0 saturated heterocycles. The molecule has 0 bridgehead atoms. The first-order chi connectivity index (χ1) is 9.88. The van der Waals surface area contributed by atoms with Crippen molar-refractivity contribution < 1.29 is 0 Å². The molecule has 0 aliphatic carbocycles. The smallest absolute Gasteiger partial charge is 0.0468 e. The molecule has 1 nitrogen and oxygen atoms in total. The average Bonchev–Trinajstić information content (AvgIpc) is 2.36. The van der Waals surface area contributed by atoms with Crippen LogP contribution in [0, 0.1) is 20.8 Å². The standard InChI is InChI=1S/C18H21Cl2N/c1-11-7-12(2)17(13(3)8-11)10-21-14(4)16-6-5-15(19)9-18(16)20/h5-9,14,21H,10H2,1-4H3. The topological polar surface area (TPSA) is 12.0 Å². The van der Waals surface area contributed by atoms with E-state index in [1.165, 1.54) is 22.3 Å². The quantitative estimate of drug-likeness (QED) is 0.753. The molecule has 0 spiro atoms. The van der Waals surface area contributed by atoms with Gasteiger partial charge in [-0.05, 0) is 62.1 Å². The van der Waals surface area contributed by atoms with Crippen molar-refractivity contribution in [3.05, 3.63) is 68.2 Å². The van der Waals surface area contributed by atoms with Crippen molar-refractivity contribution in [2.24, 2.45) is 0 Å². The lowest BCUT2D eigenvalue weighted by Gasteiger charge is -2.18. The van der Waals surface area contributed by atoms with Crippen molar-refractivity contribution in [3.63, 3.8) is 0 Å². The number of aryl methyl sites for hydroxylation is 3. The summed E-state index contributed by atoms with van der Waals surface area (Å²) >= 11 is 12.2. The second-order valence-electron chi connectivity index (χ2n) is 5.65. The van der Waals surface area contributed by atoms with Crippen LogP contribution in [0.3, 0.4) is 0 Å². The average molecular weight is 322 g/mol. The van der Waals surface area contributed by atoms with Gasteiger partial charge in [0.1, 0.15) is 0 Å². The van der Waals surface area contributed by atoms with Crippen molar-refractivity contribution in [3.8, 4) is 0 Å². The fourth-order valence-corrected chi connectivity index (χ4v) is 3.28. The van der Waals surface area contributed by atoms with Crippen molar-refractivity contribution in [2.75, 3.05) is 0 Å². The Kier molecular flexibility index (Phi) is 5.32. The maximum Gasteiger partial charge on any atom is 0.0468 e. The molecular formula is C18H21Cl2N. The zero-order chi connectivity index (χ0) is 15.6. The van der Waals surface area contributed by atoms with E-state index in [1.807, 2.05) is 12.1 Å². The second kappa shape index (κ2) is 6.83. The van der Waals surface area contributed by atoms with Crippen LogP contribution in [0.15, 0.2) is 30.3 Å². The lowest BCUT2D eigenvalue weighted by atomic mass is 9.99. The van der Waals surface area contributed by atoms with Gasteiger partial charge in [-0.15, -0.1) is 0 Å². The minimum atomic E-state index is 0.176. The fraction of sp³-hybridized carbons (Fsp3) is 0.333. The summed E-state index contributed by atoms with van der Waals surface area (Å²) in [5, 5.41) is 4.93. The minimum absolute atomic E-state index is 0.176. The van der Waals surface area contributed by atoms with Crippen LogP contribution in [0.4, 0.5) is 0 Å². The normalized spacial score (nSPS) is 12.5. The highest BCUT2D eigenvalue weighted by molar-refractivity contribution is 6.35. The molecule has 3 heteroatoms. The van der Waals surface area contributed by atoms with Gasteiger partial charge >= 0.3 is 0 Å². The molecule has 0 amide bonds. The van der Waals surface area contributed by atoms with Gasteiger partial charge in [0, 0.05) is 22.6 Å². The summed E-state index contributed by atoms with van der Waals surface area (Å²) in [7, 11) is 0. The fourth-order valence-electron chi connectivity index (χ4n) is 2.71. The Hall–Kier alpha value is -1.02. The Balaban J connectivity index is 2.13. The van der Waals surface area contributed by atoms with Gasteiger partial charge in [0.15, 0.2) is 0 Å². The predicted octanol–water partition coefficient (Wildman–Crippen LogP) is 5.77. The van der Waals surface area contributed by atoms with Gasteiger partial charge in [0.05, 0.1) is 0 Å². The highest BCUT2D eigenvalue weighted by atomic mass is 35.5. The van der Waals surface area contributed by atoms with E-state index in [0.717, 1.165) is 12.1 Å². The molecule has 1 atom stereocenters. The summed E-state index contributed by atoms with van der Waals surface area (Å²) in [6.07, 6.45) is 0. The first-order valence-corrected chi connectivity index (χ1v) is 7.89. The van der Waals surface area contributed by atoms with Crippen molar-refractivity contribution >= 4 is 23.2 Å². The first-order valence-electron chi connectivity index (χ1n) is 7.13. The van der Waals surface area contributed by atoms with Crippen LogP contribution in [0.1, 0.15) is 40.8 Å². The molecule has 2 aromatic rings. The lowest BCUT2D eigenvalue weighted by Crippen LogP contribution is -2.19. The summed E-state index contributed by atoms with van der Waals surface area (Å²) < 4.78 is 0. The van der Waals surface area contributed by atoms with Crippen LogP contribution >= 0.6 is 23.2 Å². The molecule has 0 fully saturated rings. The Morgan fingerprint density at radius 1 is 1.00 bits per heavy atom. The Labute approximate surface area is 137 Å². The summed E-state index contributed by atoms with van der Waals surface area (Å²) in [6, 6.07) is 10.3. The van der Waals surface area contributed by atoms with E-state index in [4.69, 9.17) is 23.2 Å². The van der Waals surface area contributed by atoms with Crippen LogP contribution in [0.25, 0.3) is 0 Å². The Bertz CT molecular complexity index is 627. The van der Waals surface area contributed by atoms with Crippen LogP contribution < -0.4 is 5.32 Å². The van der Waals surface area contributed by atoms with E-state index in [1.54, 1.807) is 6.07 Å². The van der Waals surface area contributed by atoms with Crippen molar-refractivity contribution in [2.45, 2.75) is 40.3 Å². The van der Waals surface area contributed by atoms with Crippen LogP contribution in [-0.2, 0) is 6.54 Å². The van der Waals surface area contributed by atoms with E-state index in [2.05, 4.69) is 45.1 Å². The molecule has 0 aromatic heterocycles. The van der Waals surface area contributed by atoms with Gasteiger partial charge in [-0.3, -0.25) is 0 Å². The van der Waals surface area contributed by atoms with Crippen molar-refractivity contribution in [1.29, 1.82) is 0 Å². The molecule has 0 saturated carbocycles. The largest absolute Gasteiger partial charge is 0.306 e. The molecule has 1 unspecified atom stereocenters. The Morgan fingerprint density at radius 3 is 2.19 bits per heavy atom. The van der Waals surface area contributed by atoms with E-state index < -0.39 is 0 Å². The molecular weight excluding hydrogens is 301 g/mol. The first kappa shape index (κ1) is 16.4. The summed E-state index contributed by atoms with van der Waals surface area (Å²) in [5.74, 6) is 0. The zero-order valence-corrected chi connectivity index (χ0v) is 14.4. The maximum absolute atomic E-state index is 6.27. The lowest BCUT2D eigenvalue weighted by molar-refractivity contribution is 0.572. The van der Waals surface area contributed by atoms with Gasteiger partial charge < -0.3 is 5.32 Å². The maximum atomic E-state index is 6.27. The highest BCUT2D eigenvalue weighted by Crippen LogP contribution is 2.26. The molecule has 1 N–H and O–H groups in total. The van der Waals surface area contributed by atoms with Gasteiger partial charge in [0.25, 0.3) is 0 Å². The SMILES string of the molecule is Cc1cc(C)c(CNC(C)c2ccc(Cl)cc2Cl)c(C)c1. The number of rotatable bonds is 4. The van der Waals surface area contributed by atoms with Crippen molar-refractivity contribution in [1.82, 2.24) is 5.32 Å². The number of hydrogen-bond acceptors (Lipinski definition) is 1. The van der Waals surface area contributed by atoms with E-state index in [0.29, 0.717) is 10.0 Å². The monoisotopic (exact) mass is 321 g/mol. The van der Waals surface area contributed by atoms with E-state index >= 15 is 0 Å². The van der Waals surface area contributed by atoms with Crippen LogP contribution in [0.5, 0.6) is 0 Å². The van der Waals surface area contributed by atoms with Gasteiger partial charge in [-0.2, -0.15) is 0 Å². The molecule has 2 rings (SSSR count). The molecule has 0 aliphatic rings. The third-order valence-electron chi connectivity index (χ3n) is 3.85. The van der Waals surface area contributed by atoms with Crippen LogP contribution in [-0.4, -0.2) is 0 Å². The second-order valence-corrected chi connectivity index (χ2v) is 6.49. The third kappa shape index (κ3) is 4.00. The molecule has 21 heavy (non-hydrogen) atoms. The van der Waals surface area contributed by atoms with E-state index in [9.17, 15) is 0 Å². The number of halogens is 2. The molecule has 112 valence electrons. The molecule has 0 aliphatic heterocycles. The number of nitrogens with one attached hydrogen (secondary N) is 1. The van der Waals surface area contributed by atoms with Crippen LogP contribution in [0.2, 0.25) is 10.0 Å². The Morgan fingerprint density at radius 2 is 1.62 bits per heavy atom. The molecule has 0 radical (unpaired) electrons. The van der Waals surface area contributed by atoms with E-state index in [-0.39, 0.29) is 6.04 Å².